The Morgan fingerprint density at radius 1 is 0.941 bits per heavy atom. The molecular formula is C25H36N4O5. The Bertz CT molecular complexity index is 914. The molecule has 1 unspecified atom stereocenters. The molecule has 1 aromatic carbocycles. The third-order valence-electron chi connectivity index (χ3n) is 6.64. The maximum absolute atomic E-state index is 13.5. The van der Waals surface area contributed by atoms with Gasteiger partial charge in [-0.25, -0.2) is 4.79 Å². The lowest BCUT2D eigenvalue weighted by Gasteiger charge is -2.39. The molecule has 2 fully saturated rings. The van der Waals surface area contributed by atoms with Gasteiger partial charge >= 0.3 is 6.03 Å². The molecule has 9 nitrogen and oxygen atoms in total. The van der Waals surface area contributed by atoms with E-state index in [0.717, 1.165) is 32.4 Å². The zero-order valence-corrected chi connectivity index (χ0v) is 20.4. The van der Waals surface area contributed by atoms with E-state index in [-0.39, 0.29) is 36.1 Å². The number of carbonyl (C=O) groups excluding carboxylic acids is 3. The molecule has 4 rings (SSSR count). The van der Waals surface area contributed by atoms with Gasteiger partial charge < -0.3 is 29.9 Å². The fraction of sp³-hybridized carbons (Fsp3) is 0.640. The van der Waals surface area contributed by atoms with Gasteiger partial charge in [-0.2, -0.15) is 0 Å². The highest BCUT2D eigenvalue weighted by Gasteiger charge is 2.37. The topological polar surface area (TPSA) is 100 Å². The molecule has 3 heterocycles. The van der Waals surface area contributed by atoms with Crippen molar-refractivity contribution in [1.29, 1.82) is 0 Å². The summed E-state index contributed by atoms with van der Waals surface area (Å²) >= 11 is 0. The summed E-state index contributed by atoms with van der Waals surface area (Å²) in [6.45, 7) is 8.55. The highest BCUT2D eigenvalue weighted by atomic mass is 16.7. The summed E-state index contributed by atoms with van der Waals surface area (Å²) in [7, 11) is 0. The van der Waals surface area contributed by atoms with Crippen LogP contribution in [0.1, 0.15) is 63.2 Å². The number of hydrogen-bond donors (Lipinski definition) is 2. The molecule has 0 spiro atoms. The third-order valence-corrected chi connectivity index (χ3v) is 6.64. The zero-order chi connectivity index (χ0) is 24.3. The quantitative estimate of drug-likeness (QED) is 0.702. The first-order valence-corrected chi connectivity index (χ1v) is 12.3. The fourth-order valence-electron chi connectivity index (χ4n) is 4.79. The maximum atomic E-state index is 13.5. The van der Waals surface area contributed by atoms with Crippen LogP contribution < -0.4 is 20.1 Å². The van der Waals surface area contributed by atoms with Gasteiger partial charge in [0.15, 0.2) is 11.5 Å². The van der Waals surface area contributed by atoms with Crippen LogP contribution in [0.4, 0.5) is 4.79 Å². The standard InChI is InChI=1S/C25H36N4O5/c1-25(2,3)27-24(32)29-13-9-17(10-14-29)21(23(31)28-11-5-4-6-12-28)26-22(30)18-7-8-19-20(15-18)34-16-33-19/h7-8,15,17,21H,4-6,9-14,16H2,1-3H3,(H,26,30)(H,27,32). The second-order valence-corrected chi connectivity index (χ2v) is 10.4. The number of rotatable bonds is 4. The molecule has 3 aliphatic rings. The summed E-state index contributed by atoms with van der Waals surface area (Å²) in [5, 5.41) is 6.03. The molecule has 0 radical (unpaired) electrons. The summed E-state index contributed by atoms with van der Waals surface area (Å²) in [5.41, 5.74) is 0.127. The molecule has 4 amide bonds. The van der Waals surface area contributed by atoms with Gasteiger partial charge in [-0.15, -0.1) is 0 Å². The lowest BCUT2D eigenvalue weighted by atomic mass is 9.87. The Kier molecular flexibility index (Phi) is 7.19. The van der Waals surface area contributed by atoms with Crippen molar-refractivity contribution in [3.05, 3.63) is 23.8 Å². The fourth-order valence-corrected chi connectivity index (χ4v) is 4.79. The van der Waals surface area contributed by atoms with Gasteiger partial charge in [0.2, 0.25) is 12.7 Å². The summed E-state index contributed by atoms with van der Waals surface area (Å²) in [4.78, 5) is 42.9. The first-order chi connectivity index (χ1) is 16.2. The largest absolute Gasteiger partial charge is 0.454 e. The van der Waals surface area contributed by atoms with Crippen molar-refractivity contribution in [2.75, 3.05) is 33.0 Å². The van der Waals surface area contributed by atoms with Gasteiger partial charge in [-0.1, -0.05) is 0 Å². The minimum Gasteiger partial charge on any atom is -0.454 e. The Labute approximate surface area is 201 Å². The second-order valence-electron chi connectivity index (χ2n) is 10.4. The number of hydrogen-bond acceptors (Lipinski definition) is 5. The highest BCUT2D eigenvalue weighted by molar-refractivity contribution is 5.98. The summed E-state index contributed by atoms with van der Waals surface area (Å²) < 4.78 is 10.7. The van der Waals surface area contributed by atoms with Crippen molar-refractivity contribution < 1.29 is 23.9 Å². The van der Waals surface area contributed by atoms with Crippen LogP contribution in [-0.2, 0) is 4.79 Å². The van der Waals surface area contributed by atoms with Crippen LogP contribution in [0.3, 0.4) is 0 Å². The number of ether oxygens (including phenoxy) is 2. The molecule has 0 aliphatic carbocycles. The number of likely N-dealkylation sites (tertiary alicyclic amines) is 2. The van der Waals surface area contributed by atoms with E-state index in [1.165, 1.54) is 0 Å². The summed E-state index contributed by atoms with van der Waals surface area (Å²) in [6.07, 6.45) is 4.41. The van der Waals surface area contributed by atoms with Gasteiger partial charge in [0.1, 0.15) is 6.04 Å². The molecule has 2 N–H and O–H groups in total. The number of fused-ring (bicyclic) bond motifs is 1. The van der Waals surface area contributed by atoms with E-state index in [1.54, 1.807) is 23.1 Å². The van der Waals surface area contributed by atoms with Crippen LogP contribution in [0.25, 0.3) is 0 Å². The minimum absolute atomic E-state index is 0.0219. The Balaban J connectivity index is 1.45. The zero-order valence-electron chi connectivity index (χ0n) is 20.4. The molecule has 3 aliphatic heterocycles. The van der Waals surface area contributed by atoms with Crippen LogP contribution in [0.15, 0.2) is 18.2 Å². The van der Waals surface area contributed by atoms with Crippen LogP contribution in [0, 0.1) is 5.92 Å². The highest BCUT2D eigenvalue weighted by Crippen LogP contribution is 2.32. The first-order valence-electron chi connectivity index (χ1n) is 12.3. The average molecular weight is 473 g/mol. The predicted molar refractivity (Wildman–Crippen MR) is 127 cm³/mol. The molecule has 1 aromatic rings. The summed E-state index contributed by atoms with van der Waals surface area (Å²) in [6, 6.07) is 4.34. The number of amides is 4. The number of benzene rings is 1. The van der Waals surface area contributed by atoms with Crippen molar-refractivity contribution in [2.24, 2.45) is 5.92 Å². The van der Waals surface area contributed by atoms with Crippen LogP contribution in [-0.4, -0.2) is 72.2 Å². The molecule has 0 aromatic heterocycles. The van der Waals surface area contributed by atoms with Gasteiger partial charge in [0, 0.05) is 37.3 Å². The predicted octanol–water partition coefficient (Wildman–Crippen LogP) is 2.75. The van der Waals surface area contributed by atoms with Gasteiger partial charge in [0.25, 0.3) is 5.91 Å². The average Bonchev–Trinajstić information content (AvgIpc) is 3.29. The molecular weight excluding hydrogens is 436 g/mol. The molecule has 2 saturated heterocycles. The lowest BCUT2D eigenvalue weighted by molar-refractivity contribution is -0.136. The lowest BCUT2D eigenvalue weighted by Crippen LogP contribution is -2.56. The SMILES string of the molecule is CC(C)(C)NC(=O)N1CCC(C(NC(=O)c2ccc3c(c2)OCO3)C(=O)N2CCCCC2)CC1. The monoisotopic (exact) mass is 472 g/mol. The van der Waals surface area contributed by atoms with E-state index in [0.29, 0.717) is 43.0 Å². The number of nitrogens with one attached hydrogen (secondary N) is 2. The van der Waals surface area contributed by atoms with Gasteiger partial charge in [0.05, 0.1) is 0 Å². The number of urea groups is 1. The number of nitrogens with zero attached hydrogens (tertiary/aromatic N) is 2. The number of carbonyl (C=O) groups is 3. The number of piperidine rings is 2. The molecule has 0 saturated carbocycles. The van der Waals surface area contributed by atoms with E-state index in [2.05, 4.69) is 10.6 Å². The van der Waals surface area contributed by atoms with Gasteiger partial charge in [-0.05, 0) is 77.0 Å². The van der Waals surface area contributed by atoms with E-state index in [4.69, 9.17) is 9.47 Å². The van der Waals surface area contributed by atoms with Crippen LogP contribution in [0.2, 0.25) is 0 Å². The van der Waals surface area contributed by atoms with Crippen LogP contribution >= 0.6 is 0 Å². The first kappa shape index (κ1) is 24.2. The van der Waals surface area contributed by atoms with Crippen molar-refractivity contribution in [3.8, 4) is 11.5 Å². The summed E-state index contributed by atoms with van der Waals surface area (Å²) in [5.74, 6) is 0.780. The van der Waals surface area contributed by atoms with E-state index in [1.807, 2.05) is 25.7 Å². The van der Waals surface area contributed by atoms with Crippen molar-refractivity contribution in [1.82, 2.24) is 20.4 Å². The second kappa shape index (κ2) is 10.1. The van der Waals surface area contributed by atoms with Crippen molar-refractivity contribution in [2.45, 2.75) is 64.5 Å². The molecule has 1 atom stereocenters. The van der Waals surface area contributed by atoms with E-state index >= 15 is 0 Å². The molecule has 0 bridgehead atoms. The normalized spacial score (nSPS) is 19.5. The van der Waals surface area contributed by atoms with E-state index in [9.17, 15) is 14.4 Å². The van der Waals surface area contributed by atoms with Crippen molar-refractivity contribution in [3.63, 3.8) is 0 Å². The third kappa shape index (κ3) is 5.74. The smallest absolute Gasteiger partial charge is 0.317 e. The van der Waals surface area contributed by atoms with Gasteiger partial charge in [-0.3, -0.25) is 9.59 Å². The van der Waals surface area contributed by atoms with E-state index < -0.39 is 6.04 Å². The Morgan fingerprint density at radius 3 is 2.29 bits per heavy atom. The Hall–Kier alpha value is -2.97. The molecule has 9 heteroatoms. The Morgan fingerprint density at radius 2 is 1.62 bits per heavy atom. The molecule has 34 heavy (non-hydrogen) atoms. The maximum Gasteiger partial charge on any atom is 0.317 e. The van der Waals surface area contributed by atoms with Crippen LogP contribution in [0.5, 0.6) is 11.5 Å². The van der Waals surface area contributed by atoms with Crippen molar-refractivity contribution >= 4 is 17.8 Å². The molecule has 186 valence electrons. The minimum atomic E-state index is -0.621.